The van der Waals surface area contributed by atoms with E-state index >= 15 is 0 Å². The van der Waals surface area contributed by atoms with Gasteiger partial charge in [0.25, 0.3) is 5.91 Å². The molecule has 108 valence electrons. The number of benzene rings is 1. The van der Waals surface area contributed by atoms with Crippen LogP contribution in [0.25, 0.3) is 0 Å². The van der Waals surface area contributed by atoms with Gasteiger partial charge in [0.05, 0.1) is 11.7 Å². The molecule has 1 amide bonds. The normalized spacial score (nSPS) is 15.3. The van der Waals surface area contributed by atoms with Crippen LogP contribution in [0.1, 0.15) is 41.9 Å². The molecule has 1 unspecified atom stereocenters. The highest BCUT2D eigenvalue weighted by molar-refractivity contribution is 5.94. The summed E-state index contributed by atoms with van der Waals surface area (Å²) >= 11 is 0. The number of rotatable bonds is 5. The third-order valence-corrected chi connectivity index (χ3v) is 3.57. The Balaban J connectivity index is 1.62. The summed E-state index contributed by atoms with van der Waals surface area (Å²) < 4.78 is 0. The lowest BCUT2D eigenvalue weighted by Gasteiger charge is -2.15. The van der Waals surface area contributed by atoms with Crippen molar-refractivity contribution >= 4 is 11.6 Å². The monoisotopic (exact) mass is 281 g/mol. The van der Waals surface area contributed by atoms with Crippen molar-refractivity contribution in [1.82, 2.24) is 10.3 Å². The Morgan fingerprint density at radius 1 is 1.19 bits per heavy atom. The molecule has 4 heteroatoms. The van der Waals surface area contributed by atoms with Crippen molar-refractivity contribution in [3.05, 3.63) is 59.9 Å². The van der Waals surface area contributed by atoms with E-state index in [1.165, 1.54) is 0 Å². The summed E-state index contributed by atoms with van der Waals surface area (Å²) in [6.45, 7) is 2.07. The largest absolute Gasteiger partial charge is 0.377 e. The number of carbonyl (C=O) groups is 1. The van der Waals surface area contributed by atoms with E-state index in [1.54, 1.807) is 6.20 Å². The molecule has 1 aromatic carbocycles. The number of pyridine rings is 1. The van der Waals surface area contributed by atoms with Crippen LogP contribution in [0.2, 0.25) is 0 Å². The van der Waals surface area contributed by atoms with E-state index in [4.69, 9.17) is 0 Å². The lowest BCUT2D eigenvalue weighted by molar-refractivity contribution is 0.0951. The first kappa shape index (κ1) is 13.6. The van der Waals surface area contributed by atoms with Crippen molar-refractivity contribution in [3.8, 4) is 0 Å². The van der Waals surface area contributed by atoms with E-state index in [1.807, 2.05) is 42.5 Å². The molecular weight excluding hydrogens is 262 g/mol. The molecule has 1 saturated carbocycles. The first-order valence-electron chi connectivity index (χ1n) is 7.31. The number of hydrogen-bond donors (Lipinski definition) is 2. The maximum atomic E-state index is 11.9. The number of nitrogens with one attached hydrogen (secondary N) is 2. The van der Waals surface area contributed by atoms with Gasteiger partial charge in [-0.05, 0) is 56.2 Å². The Kier molecular flexibility index (Phi) is 3.86. The molecule has 0 bridgehead atoms. The summed E-state index contributed by atoms with van der Waals surface area (Å²) in [7, 11) is 0. The van der Waals surface area contributed by atoms with Gasteiger partial charge in [-0.3, -0.25) is 9.78 Å². The van der Waals surface area contributed by atoms with Crippen molar-refractivity contribution in [3.63, 3.8) is 0 Å². The second-order valence-corrected chi connectivity index (χ2v) is 5.45. The average Bonchev–Trinajstić information content (AvgIpc) is 3.33. The number of hydrogen-bond acceptors (Lipinski definition) is 3. The van der Waals surface area contributed by atoms with E-state index in [2.05, 4.69) is 22.5 Å². The van der Waals surface area contributed by atoms with Gasteiger partial charge in [0.15, 0.2) is 0 Å². The Morgan fingerprint density at radius 2 is 1.95 bits per heavy atom. The number of aromatic nitrogens is 1. The zero-order chi connectivity index (χ0) is 14.7. The molecular formula is C17H19N3O. The van der Waals surface area contributed by atoms with Crippen LogP contribution in [-0.2, 0) is 0 Å². The molecule has 1 atom stereocenters. The number of anilines is 1. The summed E-state index contributed by atoms with van der Waals surface area (Å²) in [4.78, 5) is 16.2. The van der Waals surface area contributed by atoms with Gasteiger partial charge in [0, 0.05) is 23.5 Å². The molecule has 1 aliphatic carbocycles. The Morgan fingerprint density at radius 3 is 2.57 bits per heavy atom. The number of amides is 1. The molecule has 2 aromatic rings. The van der Waals surface area contributed by atoms with Gasteiger partial charge in [-0.25, -0.2) is 0 Å². The second kappa shape index (κ2) is 5.95. The van der Waals surface area contributed by atoms with Crippen molar-refractivity contribution in [1.29, 1.82) is 0 Å². The van der Waals surface area contributed by atoms with Gasteiger partial charge < -0.3 is 10.6 Å². The molecule has 2 N–H and O–H groups in total. The van der Waals surface area contributed by atoms with Crippen LogP contribution in [0.15, 0.2) is 48.7 Å². The summed E-state index contributed by atoms with van der Waals surface area (Å²) in [6, 6.07) is 14.0. The molecule has 0 saturated heterocycles. The molecule has 21 heavy (non-hydrogen) atoms. The molecule has 0 aliphatic heterocycles. The molecule has 0 spiro atoms. The van der Waals surface area contributed by atoms with Gasteiger partial charge in [-0.1, -0.05) is 6.07 Å². The van der Waals surface area contributed by atoms with Crippen LogP contribution in [0.4, 0.5) is 5.69 Å². The lowest BCUT2D eigenvalue weighted by atomic mass is 10.1. The van der Waals surface area contributed by atoms with E-state index in [0.717, 1.165) is 24.2 Å². The Hall–Kier alpha value is -2.36. The minimum atomic E-state index is 0.0156. The molecule has 3 rings (SSSR count). The third kappa shape index (κ3) is 3.60. The minimum Gasteiger partial charge on any atom is -0.377 e. The van der Waals surface area contributed by atoms with Crippen LogP contribution < -0.4 is 10.6 Å². The second-order valence-electron chi connectivity index (χ2n) is 5.45. The Bertz CT molecular complexity index is 606. The topological polar surface area (TPSA) is 54.0 Å². The molecule has 1 fully saturated rings. The SMILES string of the molecule is CC(Nc1ccc(C(=O)NC2CC2)cc1)c1ccccn1. The van der Waals surface area contributed by atoms with Gasteiger partial charge in [0.2, 0.25) is 0 Å². The highest BCUT2D eigenvalue weighted by Gasteiger charge is 2.23. The van der Waals surface area contributed by atoms with Crippen LogP contribution in [0.3, 0.4) is 0 Å². The quantitative estimate of drug-likeness (QED) is 0.885. The third-order valence-electron chi connectivity index (χ3n) is 3.57. The van der Waals surface area contributed by atoms with E-state index in [-0.39, 0.29) is 11.9 Å². The maximum absolute atomic E-state index is 11.9. The predicted molar refractivity (Wildman–Crippen MR) is 83.2 cm³/mol. The van der Waals surface area contributed by atoms with Gasteiger partial charge >= 0.3 is 0 Å². The summed E-state index contributed by atoms with van der Waals surface area (Å²) in [5, 5.41) is 6.37. The molecule has 1 aliphatic rings. The Labute approximate surface area is 124 Å². The van der Waals surface area contributed by atoms with Crippen molar-refractivity contribution in [2.45, 2.75) is 31.8 Å². The fourth-order valence-electron chi connectivity index (χ4n) is 2.17. The van der Waals surface area contributed by atoms with Crippen molar-refractivity contribution < 1.29 is 4.79 Å². The van der Waals surface area contributed by atoms with Crippen LogP contribution in [0.5, 0.6) is 0 Å². The lowest BCUT2D eigenvalue weighted by Crippen LogP contribution is -2.25. The fourth-order valence-corrected chi connectivity index (χ4v) is 2.17. The van der Waals surface area contributed by atoms with Crippen molar-refractivity contribution in [2.75, 3.05) is 5.32 Å². The number of carbonyl (C=O) groups excluding carboxylic acids is 1. The zero-order valence-corrected chi connectivity index (χ0v) is 12.0. The van der Waals surface area contributed by atoms with E-state index in [9.17, 15) is 4.79 Å². The van der Waals surface area contributed by atoms with Crippen LogP contribution in [-0.4, -0.2) is 16.9 Å². The highest BCUT2D eigenvalue weighted by Crippen LogP contribution is 2.20. The minimum absolute atomic E-state index is 0.0156. The van der Waals surface area contributed by atoms with Gasteiger partial charge in [0.1, 0.15) is 0 Å². The van der Waals surface area contributed by atoms with Gasteiger partial charge in [-0.15, -0.1) is 0 Å². The molecule has 1 heterocycles. The first-order chi connectivity index (χ1) is 10.2. The number of nitrogens with zero attached hydrogens (tertiary/aromatic N) is 1. The predicted octanol–water partition coefficient (Wildman–Crippen LogP) is 3.15. The molecule has 1 aromatic heterocycles. The average molecular weight is 281 g/mol. The summed E-state index contributed by atoms with van der Waals surface area (Å²) in [5.41, 5.74) is 2.68. The smallest absolute Gasteiger partial charge is 0.251 e. The van der Waals surface area contributed by atoms with Gasteiger partial charge in [-0.2, -0.15) is 0 Å². The molecule has 0 radical (unpaired) electrons. The van der Waals surface area contributed by atoms with E-state index < -0.39 is 0 Å². The van der Waals surface area contributed by atoms with Crippen molar-refractivity contribution in [2.24, 2.45) is 0 Å². The fraction of sp³-hybridized carbons (Fsp3) is 0.294. The standard InChI is InChI=1S/C17H19N3O/c1-12(16-4-2-3-11-18-16)19-14-7-5-13(6-8-14)17(21)20-15-9-10-15/h2-8,11-12,15,19H,9-10H2,1H3,(H,20,21). The first-order valence-corrected chi connectivity index (χ1v) is 7.31. The summed E-state index contributed by atoms with van der Waals surface area (Å²) in [6.07, 6.45) is 4.00. The highest BCUT2D eigenvalue weighted by atomic mass is 16.1. The maximum Gasteiger partial charge on any atom is 0.251 e. The van der Waals surface area contributed by atoms with Crippen LogP contribution >= 0.6 is 0 Å². The summed E-state index contributed by atoms with van der Waals surface area (Å²) in [5.74, 6) is 0.0156. The van der Waals surface area contributed by atoms with Crippen LogP contribution in [0, 0.1) is 0 Å². The zero-order valence-electron chi connectivity index (χ0n) is 12.0. The molecule has 4 nitrogen and oxygen atoms in total. The van der Waals surface area contributed by atoms with E-state index in [0.29, 0.717) is 11.6 Å².